The Labute approximate surface area is 140 Å². The zero-order chi connectivity index (χ0) is 17.5. The normalized spacial score (nSPS) is 19.7. The van der Waals surface area contributed by atoms with Crippen LogP contribution in [0.4, 0.5) is 0 Å². The van der Waals surface area contributed by atoms with Gasteiger partial charge in [-0.1, -0.05) is 0 Å². The van der Waals surface area contributed by atoms with Crippen molar-refractivity contribution < 1.29 is 19.2 Å². The van der Waals surface area contributed by atoms with E-state index < -0.39 is 6.04 Å². The Bertz CT molecular complexity index is 597. The van der Waals surface area contributed by atoms with E-state index in [4.69, 9.17) is 0 Å². The van der Waals surface area contributed by atoms with Crippen molar-refractivity contribution in [1.82, 2.24) is 20.9 Å². The van der Waals surface area contributed by atoms with E-state index in [2.05, 4.69) is 16.0 Å². The molecule has 1 atom stereocenters. The van der Waals surface area contributed by atoms with Crippen molar-refractivity contribution in [3.63, 3.8) is 0 Å². The van der Waals surface area contributed by atoms with E-state index in [1.165, 1.54) is 4.90 Å². The maximum atomic E-state index is 12.3. The zero-order valence-electron chi connectivity index (χ0n) is 13.6. The van der Waals surface area contributed by atoms with Crippen molar-refractivity contribution >= 4 is 24.0 Å². The number of rotatable bonds is 6. The van der Waals surface area contributed by atoms with Gasteiger partial charge in [0, 0.05) is 18.7 Å². The fourth-order valence-electron chi connectivity index (χ4n) is 2.81. The van der Waals surface area contributed by atoms with E-state index in [-0.39, 0.29) is 30.8 Å². The van der Waals surface area contributed by atoms with Crippen LogP contribution in [0.3, 0.4) is 0 Å². The van der Waals surface area contributed by atoms with E-state index in [0.29, 0.717) is 31.4 Å². The van der Waals surface area contributed by atoms with Gasteiger partial charge in [0.2, 0.25) is 17.7 Å². The van der Waals surface area contributed by atoms with Crippen LogP contribution >= 0.6 is 0 Å². The minimum Gasteiger partial charge on any atom is -0.387 e. The first kappa shape index (κ1) is 17.7. The third-order valence-electron chi connectivity index (χ3n) is 4.12. The number of dihydropyridines is 1. The molecule has 0 aliphatic carbocycles. The Morgan fingerprint density at radius 3 is 2.88 bits per heavy atom. The second kappa shape index (κ2) is 8.28. The van der Waals surface area contributed by atoms with Gasteiger partial charge in [0.15, 0.2) is 0 Å². The summed E-state index contributed by atoms with van der Waals surface area (Å²) in [6.45, 7) is 2.50. The Kier molecular flexibility index (Phi) is 6.11. The fourth-order valence-corrected chi connectivity index (χ4v) is 2.81. The molecule has 0 radical (unpaired) electrons. The number of amides is 3. The molecular formula is C16H22N4O4. The number of nitrogens with one attached hydrogen (secondary N) is 3. The molecule has 2 aliphatic heterocycles. The largest absolute Gasteiger partial charge is 0.387 e. The van der Waals surface area contributed by atoms with Crippen LogP contribution in [-0.2, 0) is 19.2 Å². The molecule has 3 amide bonds. The van der Waals surface area contributed by atoms with Crippen LogP contribution in [0.1, 0.15) is 19.8 Å². The molecule has 0 aromatic rings. The van der Waals surface area contributed by atoms with Gasteiger partial charge in [0.1, 0.15) is 12.3 Å². The molecule has 0 saturated carbocycles. The quantitative estimate of drug-likeness (QED) is 0.531. The lowest BCUT2D eigenvalue weighted by molar-refractivity contribution is -0.138. The van der Waals surface area contributed by atoms with E-state index in [0.717, 1.165) is 12.0 Å². The molecule has 0 spiro atoms. The van der Waals surface area contributed by atoms with Gasteiger partial charge < -0.3 is 25.6 Å². The molecule has 0 bridgehead atoms. The van der Waals surface area contributed by atoms with E-state index >= 15 is 0 Å². The molecule has 3 N–H and O–H groups in total. The minimum atomic E-state index is -0.574. The van der Waals surface area contributed by atoms with Crippen molar-refractivity contribution in [1.29, 1.82) is 0 Å². The first-order valence-corrected chi connectivity index (χ1v) is 7.93. The van der Waals surface area contributed by atoms with Crippen molar-refractivity contribution in [3.05, 3.63) is 23.4 Å². The second-order valence-corrected chi connectivity index (χ2v) is 5.72. The molecule has 2 rings (SSSR count). The summed E-state index contributed by atoms with van der Waals surface area (Å²) in [5, 5.41) is 8.04. The molecule has 130 valence electrons. The summed E-state index contributed by atoms with van der Waals surface area (Å²) >= 11 is 0. The molecule has 2 aliphatic rings. The van der Waals surface area contributed by atoms with Gasteiger partial charge in [0.25, 0.3) is 0 Å². The summed E-state index contributed by atoms with van der Waals surface area (Å²) in [5.41, 5.74) is 1.44. The number of likely N-dealkylation sites (tertiary alicyclic amines) is 1. The zero-order valence-corrected chi connectivity index (χ0v) is 13.6. The smallest absolute Gasteiger partial charge is 0.249 e. The van der Waals surface area contributed by atoms with Crippen LogP contribution < -0.4 is 16.0 Å². The number of carbonyl (C=O) groups is 4. The van der Waals surface area contributed by atoms with Gasteiger partial charge in [-0.25, -0.2) is 0 Å². The third kappa shape index (κ3) is 4.21. The molecule has 8 nitrogen and oxygen atoms in total. The van der Waals surface area contributed by atoms with Crippen LogP contribution in [0, 0.1) is 0 Å². The Balaban J connectivity index is 1.89. The summed E-state index contributed by atoms with van der Waals surface area (Å²) in [7, 11) is 0. The molecular weight excluding hydrogens is 312 g/mol. The highest BCUT2D eigenvalue weighted by atomic mass is 16.2. The van der Waals surface area contributed by atoms with Crippen LogP contribution in [0.15, 0.2) is 23.4 Å². The van der Waals surface area contributed by atoms with Crippen LogP contribution in [-0.4, -0.2) is 61.1 Å². The summed E-state index contributed by atoms with van der Waals surface area (Å²) in [5.74, 6) is -0.928. The lowest BCUT2D eigenvalue weighted by Gasteiger charge is -2.24. The van der Waals surface area contributed by atoms with Crippen molar-refractivity contribution in [2.75, 3.05) is 26.2 Å². The lowest BCUT2D eigenvalue weighted by atomic mass is 10.1. The average Bonchev–Trinajstić information content (AvgIpc) is 3.07. The van der Waals surface area contributed by atoms with Crippen LogP contribution in [0.5, 0.6) is 0 Å². The Morgan fingerprint density at radius 2 is 2.17 bits per heavy atom. The van der Waals surface area contributed by atoms with Gasteiger partial charge in [-0.3, -0.25) is 14.4 Å². The molecule has 2 heterocycles. The van der Waals surface area contributed by atoms with Gasteiger partial charge >= 0.3 is 0 Å². The summed E-state index contributed by atoms with van der Waals surface area (Å²) in [6, 6.07) is -0.574. The number of aldehydes is 1. The molecule has 24 heavy (non-hydrogen) atoms. The van der Waals surface area contributed by atoms with E-state index in [9.17, 15) is 19.2 Å². The van der Waals surface area contributed by atoms with Crippen LogP contribution in [0.25, 0.3) is 0 Å². The highest BCUT2D eigenvalue weighted by Crippen LogP contribution is 2.17. The van der Waals surface area contributed by atoms with E-state index in [1.807, 2.05) is 6.92 Å². The van der Waals surface area contributed by atoms with Crippen LogP contribution in [0.2, 0.25) is 0 Å². The van der Waals surface area contributed by atoms with E-state index in [1.54, 1.807) is 12.3 Å². The molecule has 0 aromatic carbocycles. The monoisotopic (exact) mass is 334 g/mol. The minimum absolute atomic E-state index is 0.0674. The Hall–Kier alpha value is -2.64. The molecule has 0 unspecified atom stereocenters. The lowest BCUT2D eigenvalue weighted by Crippen LogP contribution is -2.49. The first-order chi connectivity index (χ1) is 11.5. The molecule has 1 saturated heterocycles. The SMILES string of the molecule is CC1=C(C(=O)NCC(=O)N2CCC[C@H]2C(=O)NCC=O)CNC=C1. The van der Waals surface area contributed by atoms with Crippen molar-refractivity contribution in [2.45, 2.75) is 25.8 Å². The Morgan fingerprint density at radius 1 is 1.38 bits per heavy atom. The van der Waals surface area contributed by atoms with Crippen molar-refractivity contribution in [3.8, 4) is 0 Å². The van der Waals surface area contributed by atoms with Gasteiger partial charge in [-0.15, -0.1) is 0 Å². The summed E-state index contributed by atoms with van der Waals surface area (Å²) in [6.07, 6.45) is 5.45. The van der Waals surface area contributed by atoms with Crippen molar-refractivity contribution in [2.24, 2.45) is 0 Å². The molecule has 8 heteroatoms. The van der Waals surface area contributed by atoms with Gasteiger partial charge in [-0.05, 0) is 37.6 Å². The predicted octanol–water partition coefficient (Wildman–Crippen LogP) is -1.16. The van der Waals surface area contributed by atoms with Gasteiger partial charge in [-0.2, -0.15) is 0 Å². The predicted molar refractivity (Wildman–Crippen MR) is 86.7 cm³/mol. The average molecular weight is 334 g/mol. The number of nitrogens with zero attached hydrogens (tertiary/aromatic N) is 1. The summed E-state index contributed by atoms with van der Waals surface area (Å²) < 4.78 is 0. The topological polar surface area (TPSA) is 108 Å². The van der Waals surface area contributed by atoms with Gasteiger partial charge in [0.05, 0.1) is 13.1 Å². The standard InChI is InChI=1S/C16H22N4O4/c1-11-4-5-17-9-12(11)15(23)19-10-14(22)20-7-2-3-13(20)16(24)18-6-8-21/h4-5,8,13,17H,2-3,6-7,9-10H2,1H3,(H,18,24)(H,19,23)/t13-/m0/s1. The first-order valence-electron chi connectivity index (χ1n) is 7.93. The second-order valence-electron chi connectivity index (χ2n) is 5.72. The number of hydrogen-bond acceptors (Lipinski definition) is 5. The highest BCUT2D eigenvalue weighted by Gasteiger charge is 2.33. The molecule has 0 aromatic heterocycles. The maximum absolute atomic E-state index is 12.3. The maximum Gasteiger partial charge on any atom is 0.249 e. The highest BCUT2D eigenvalue weighted by molar-refractivity contribution is 5.98. The third-order valence-corrected chi connectivity index (χ3v) is 4.12. The fraction of sp³-hybridized carbons (Fsp3) is 0.500. The summed E-state index contributed by atoms with van der Waals surface area (Å²) in [4.78, 5) is 48.2. The number of allylic oxidation sites excluding steroid dienone is 2. The number of carbonyl (C=O) groups excluding carboxylic acids is 4. The molecule has 1 fully saturated rings. The number of hydrogen-bond donors (Lipinski definition) is 3.